The zero-order valence-corrected chi connectivity index (χ0v) is 9.10. The quantitative estimate of drug-likeness (QED) is 0.836. The Labute approximate surface area is 92.3 Å². The van der Waals surface area contributed by atoms with E-state index in [9.17, 15) is 4.79 Å². The van der Waals surface area contributed by atoms with E-state index >= 15 is 0 Å². The van der Waals surface area contributed by atoms with Gasteiger partial charge in [0.25, 0.3) is 5.91 Å². The molecule has 6 nitrogen and oxygen atoms in total. The molecule has 2 aromatic rings. The SMILES string of the molecule is Cc1ccoc1C(=O)N(C)Cc1ncn[nH]1. The first-order valence-corrected chi connectivity index (χ1v) is 4.82. The summed E-state index contributed by atoms with van der Waals surface area (Å²) in [7, 11) is 1.69. The molecular weight excluding hydrogens is 208 g/mol. The molecule has 0 unspecified atom stereocenters. The van der Waals surface area contributed by atoms with Crippen LogP contribution in [0.3, 0.4) is 0 Å². The normalized spacial score (nSPS) is 10.4. The Bertz CT molecular complexity index is 475. The number of hydrogen-bond acceptors (Lipinski definition) is 4. The molecule has 0 radical (unpaired) electrons. The van der Waals surface area contributed by atoms with E-state index < -0.39 is 0 Å². The topological polar surface area (TPSA) is 75.0 Å². The molecule has 0 aliphatic rings. The van der Waals surface area contributed by atoms with Crippen molar-refractivity contribution < 1.29 is 9.21 Å². The van der Waals surface area contributed by atoms with Gasteiger partial charge in [-0.15, -0.1) is 0 Å². The van der Waals surface area contributed by atoms with Crippen LogP contribution >= 0.6 is 0 Å². The van der Waals surface area contributed by atoms with E-state index in [1.54, 1.807) is 13.1 Å². The number of furan rings is 1. The average molecular weight is 220 g/mol. The summed E-state index contributed by atoms with van der Waals surface area (Å²) in [5.74, 6) is 0.834. The first-order valence-electron chi connectivity index (χ1n) is 4.82. The number of aromatic amines is 1. The maximum Gasteiger partial charge on any atom is 0.289 e. The van der Waals surface area contributed by atoms with E-state index in [0.717, 1.165) is 5.56 Å². The number of carbonyl (C=O) groups excluding carboxylic acids is 1. The molecule has 0 atom stereocenters. The van der Waals surface area contributed by atoms with Crippen LogP contribution in [0.2, 0.25) is 0 Å². The summed E-state index contributed by atoms with van der Waals surface area (Å²) < 4.78 is 5.13. The van der Waals surface area contributed by atoms with E-state index in [1.165, 1.54) is 17.5 Å². The second-order valence-corrected chi connectivity index (χ2v) is 3.53. The lowest BCUT2D eigenvalue weighted by Crippen LogP contribution is -2.26. The fraction of sp³-hybridized carbons (Fsp3) is 0.300. The number of nitrogens with zero attached hydrogens (tertiary/aromatic N) is 3. The predicted molar refractivity (Wildman–Crippen MR) is 55.6 cm³/mol. The number of nitrogens with one attached hydrogen (secondary N) is 1. The van der Waals surface area contributed by atoms with Gasteiger partial charge in [0, 0.05) is 12.6 Å². The highest BCUT2D eigenvalue weighted by molar-refractivity contribution is 5.92. The molecule has 2 heterocycles. The predicted octanol–water partition coefficient (Wildman–Crippen LogP) is 0.978. The van der Waals surface area contributed by atoms with Gasteiger partial charge in [-0.1, -0.05) is 0 Å². The lowest BCUT2D eigenvalue weighted by atomic mass is 10.2. The summed E-state index contributed by atoms with van der Waals surface area (Å²) in [6.45, 7) is 2.21. The Hall–Kier alpha value is -2.11. The minimum atomic E-state index is -0.168. The van der Waals surface area contributed by atoms with Crippen LogP contribution < -0.4 is 0 Å². The van der Waals surface area contributed by atoms with E-state index in [4.69, 9.17) is 4.42 Å². The molecule has 2 rings (SSSR count). The van der Waals surface area contributed by atoms with Crippen molar-refractivity contribution >= 4 is 5.91 Å². The van der Waals surface area contributed by atoms with Gasteiger partial charge in [0.05, 0.1) is 12.8 Å². The fourth-order valence-electron chi connectivity index (χ4n) is 1.37. The molecule has 16 heavy (non-hydrogen) atoms. The Morgan fingerprint density at radius 3 is 3.00 bits per heavy atom. The Balaban J connectivity index is 2.08. The smallest absolute Gasteiger partial charge is 0.289 e. The van der Waals surface area contributed by atoms with Crippen LogP contribution in [0.15, 0.2) is 23.1 Å². The first-order chi connectivity index (χ1) is 7.68. The molecule has 0 aromatic carbocycles. The van der Waals surface area contributed by atoms with Crippen molar-refractivity contribution in [1.29, 1.82) is 0 Å². The van der Waals surface area contributed by atoms with Crippen molar-refractivity contribution in [2.24, 2.45) is 0 Å². The average Bonchev–Trinajstić information content (AvgIpc) is 2.88. The molecule has 0 fully saturated rings. The van der Waals surface area contributed by atoms with Crippen LogP contribution in [0.1, 0.15) is 21.9 Å². The number of carbonyl (C=O) groups is 1. The van der Waals surface area contributed by atoms with Crippen molar-refractivity contribution in [2.75, 3.05) is 7.05 Å². The number of rotatable bonds is 3. The van der Waals surface area contributed by atoms with Gasteiger partial charge in [-0.2, -0.15) is 5.10 Å². The van der Waals surface area contributed by atoms with Gasteiger partial charge in [-0.25, -0.2) is 4.98 Å². The van der Waals surface area contributed by atoms with Crippen LogP contribution in [-0.2, 0) is 6.54 Å². The lowest BCUT2D eigenvalue weighted by molar-refractivity contribution is 0.0749. The Morgan fingerprint density at radius 1 is 1.62 bits per heavy atom. The van der Waals surface area contributed by atoms with Crippen LogP contribution in [0.25, 0.3) is 0 Å². The molecule has 84 valence electrons. The molecular formula is C10H12N4O2. The van der Waals surface area contributed by atoms with Gasteiger partial charge in [-0.3, -0.25) is 9.89 Å². The van der Waals surface area contributed by atoms with Gasteiger partial charge in [-0.05, 0) is 13.0 Å². The molecule has 6 heteroatoms. The van der Waals surface area contributed by atoms with Crippen molar-refractivity contribution in [1.82, 2.24) is 20.1 Å². The van der Waals surface area contributed by atoms with E-state index in [0.29, 0.717) is 18.1 Å². The minimum absolute atomic E-state index is 0.168. The number of hydrogen-bond donors (Lipinski definition) is 1. The molecule has 0 spiro atoms. The maximum absolute atomic E-state index is 11.9. The van der Waals surface area contributed by atoms with Crippen LogP contribution in [0, 0.1) is 6.92 Å². The summed E-state index contributed by atoms with van der Waals surface area (Å²) in [4.78, 5) is 17.4. The third kappa shape index (κ3) is 1.95. The molecule has 1 amide bonds. The number of aromatic nitrogens is 3. The highest BCUT2D eigenvalue weighted by Gasteiger charge is 2.18. The Kier molecular flexibility index (Phi) is 2.72. The molecule has 0 saturated carbocycles. The monoisotopic (exact) mass is 220 g/mol. The van der Waals surface area contributed by atoms with Crippen molar-refractivity contribution in [3.63, 3.8) is 0 Å². The van der Waals surface area contributed by atoms with Gasteiger partial charge in [0.1, 0.15) is 12.2 Å². The van der Waals surface area contributed by atoms with Crippen LogP contribution in [-0.4, -0.2) is 33.0 Å². The molecule has 2 aromatic heterocycles. The zero-order chi connectivity index (χ0) is 11.5. The van der Waals surface area contributed by atoms with Crippen LogP contribution in [0.5, 0.6) is 0 Å². The summed E-state index contributed by atoms with van der Waals surface area (Å²) >= 11 is 0. The van der Waals surface area contributed by atoms with Gasteiger partial charge < -0.3 is 9.32 Å². The molecule has 0 bridgehead atoms. The minimum Gasteiger partial charge on any atom is -0.459 e. The summed E-state index contributed by atoms with van der Waals surface area (Å²) in [5, 5.41) is 6.41. The number of amides is 1. The third-order valence-electron chi connectivity index (χ3n) is 2.25. The van der Waals surface area contributed by atoms with Crippen molar-refractivity contribution in [3.05, 3.63) is 35.8 Å². The maximum atomic E-state index is 11.9. The fourth-order valence-corrected chi connectivity index (χ4v) is 1.37. The second kappa shape index (κ2) is 4.18. The van der Waals surface area contributed by atoms with E-state index in [2.05, 4.69) is 15.2 Å². The lowest BCUT2D eigenvalue weighted by Gasteiger charge is -2.14. The highest BCUT2D eigenvalue weighted by atomic mass is 16.3. The third-order valence-corrected chi connectivity index (χ3v) is 2.25. The Morgan fingerprint density at radius 2 is 2.44 bits per heavy atom. The standard InChI is InChI=1S/C10H12N4O2/c1-7-3-4-16-9(7)10(15)14(2)5-8-11-6-12-13-8/h3-4,6H,5H2,1-2H3,(H,11,12,13). The zero-order valence-electron chi connectivity index (χ0n) is 9.10. The number of aryl methyl sites for hydroxylation is 1. The van der Waals surface area contributed by atoms with E-state index in [-0.39, 0.29) is 5.91 Å². The van der Waals surface area contributed by atoms with Gasteiger partial charge in [0.15, 0.2) is 5.76 Å². The van der Waals surface area contributed by atoms with Gasteiger partial charge in [0.2, 0.25) is 0 Å². The first kappa shape index (κ1) is 10.4. The summed E-state index contributed by atoms with van der Waals surface area (Å²) in [6.07, 6.45) is 2.91. The summed E-state index contributed by atoms with van der Waals surface area (Å²) in [6, 6.07) is 1.76. The highest BCUT2D eigenvalue weighted by Crippen LogP contribution is 2.12. The van der Waals surface area contributed by atoms with E-state index in [1.807, 2.05) is 6.92 Å². The second-order valence-electron chi connectivity index (χ2n) is 3.53. The van der Waals surface area contributed by atoms with Crippen molar-refractivity contribution in [3.8, 4) is 0 Å². The van der Waals surface area contributed by atoms with Crippen molar-refractivity contribution in [2.45, 2.75) is 13.5 Å². The van der Waals surface area contributed by atoms with Crippen LogP contribution in [0.4, 0.5) is 0 Å². The molecule has 1 N–H and O–H groups in total. The largest absolute Gasteiger partial charge is 0.459 e. The molecule has 0 aliphatic carbocycles. The number of H-pyrrole nitrogens is 1. The summed E-state index contributed by atoms with van der Waals surface area (Å²) in [5.41, 5.74) is 0.828. The molecule has 0 saturated heterocycles. The van der Waals surface area contributed by atoms with Gasteiger partial charge >= 0.3 is 0 Å². The molecule has 0 aliphatic heterocycles.